The van der Waals surface area contributed by atoms with Crippen molar-refractivity contribution in [3.8, 4) is 0 Å². The Morgan fingerprint density at radius 2 is 0.922 bits per heavy atom. The molecule has 0 aromatic rings. The quantitative estimate of drug-likeness (QED) is 0.0875. The van der Waals surface area contributed by atoms with Crippen molar-refractivity contribution in [1.82, 2.24) is 0 Å². The maximum atomic E-state index is 11.1. The third-order valence-electron chi connectivity index (χ3n) is 3.01. The van der Waals surface area contributed by atoms with Gasteiger partial charge in [-0.3, -0.25) is 43.1 Å². The molecule has 0 aliphatic heterocycles. The molecule has 0 amide bonds. The Morgan fingerprint density at radius 3 is 0.922 bits per heavy atom. The molecule has 314 valence electrons. The molecule has 0 aliphatic rings. The maximum absolute atomic E-state index is 11.1. The normalized spacial score (nSPS) is 10.1. The first-order valence-corrected chi connectivity index (χ1v) is 25.2. The van der Waals surface area contributed by atoms with Gasteiger partial charge in [0, 0.05) is 35.2 Å². The summed E-state index contributed by atoms with van der Waals surface area (Å²) in [6.07, 6.45) is 2.88. The molecule has 0 fully saturated rings. The van der Waals surface area contributed by atoms with Crippen LogP contribution in [0.4, 0.5) is 0 Å². The van der Waals surface area contributed by atoms with Crippen LogP contribution in [0.15, 0.2) is 0 Å². The Kier molecular flexibility index (Phi) is 60.5. The first kappa shape index (κ1) is 78.3. The van der Waals surface area contributed by atoms with Gasteiger partial charge in [-0.05, 0) is 74.6 Å². The molecule has 0 saturated carbocycles. The second kappa shape index (κ2) is 39.4. The summed E-state index contributed by atoms with van der Waals surface area (Å²) in [5, 5.41) is 9.39. The summed E-state index contributed by atoms with van der Waals surface area (Å²) in [5.74, 6) is -0.593. The van der Waals surface area contributed by atoms with Gasteiger partial charge >= 0.3 is 0 Å². The lowest BCUT2D eigenvalue weighted by molar-refractivity contribution is -0.467. The molecule has 20 heteroatoms. The largest absolute Gasteiger partial charge is 0.324 e. The van der Waals surface area contributed by atoms with Crippen LogP contribution < -0.4 is 0 Å². The second-order valence-corrected chi connectivity index (χ2v) is 26.2. The van der Waals surface area contributed by atoms with Gasteiger partial charge in [0.2, 0.25) is 0 Å². The van der Waals surface area contributed by atoms with Gasteiger partial charge in [0.05, 0.1) is 45.7 Å². The van der Waals surface area contributed by atoms with Crippen LogP contribution in [0.3, 0.4) is 0 Å². The van der Waals surface area contributed by atoms with Gasteiger partial charge in [-0.1, -0.05) is 37.1 Å². The van der Waals surface area contributed by atoms with Crippen LogP contribution in [0.1, 0.15) is 85.1 Å². The molecular weight excluding hydrogens is 767 g/mol. The minimum atomic E-state index is -3.07. The number of hydrogen-bond donors (Lipinski definition) is 0. The van der Waals surface area contributed by atoms with E-state index >= 15 is 0 Å². The number of carbonyl (C=O) groups excluding carboxylic acids is 6. The Hall–Kier alpha value is -1.79. The van der Waals surface area contributed by atoms with Crippen molar-refractivity contribution < 1.29 is 60.0 Å². The van der Waals surface area contributed by atoms with E-state index in [0.717, 1.165) is 6.26 Å². The fraction of sp³-hybridized carbons (Fsp3) is 0.806. The van der Waals surface area contributed by atoms with Gasteiger partial charge in [0.25, 0.3) is 6.54 Å². The number of nitrogens with zero attached hydrogens (tertiary/aromatic N) is 1. The van der Waals surface area contributed by atoms with Gasteiger partial charge in [0.1, 0.15) is 34.7 Å². The highest BCUT2D eigenvalue weighted by Gasteiger charge is 2.17. The molecule has 0 rings (SSSR count). The zero-order valence-corrected chi connectivity index (χ0v) is 33.9. The van der Waals surface area contributed by atoms with Gasteiger partial charge in [-0.25, -0.2) is 8.42 Å². The van der Waals surface area contributed by atoms with Crippen LogP contribution in [-0.2, 0) is 63.1 Å². The van der Waals surface area contributed by atoms with E-state index in [1.54, 1.807) is 40.0 Å². The summed E-state index contributed by atoms with van der Waals surface area (Å²) in [6.45, 7) is 17.5. The smallest absolute Gasteiger partial charge is 0.260 e. The zero-order valence-electron chi connectivity index (χ0n) is 29.6. The molecule has 0 bridgehead atoms. The van der Waals surface area contributed by atoms with E-state index in [0.29, 0.717) is 5.90 Å². The first-order chi connectivity index (χ1) is 19.9. The van der Waals surface area contributed by atoms with E-state index in [4.69, 9.17) is 0 Å². The molecule has 0 aliphatic carbocycles. The minimum Gasteiger partial charge on any atom is -0.324 e. The van der Waals surface area contributed by atoms with Crippen LogP contribution in [0.2, 0.25) is 0 Å². The molecule has 1 atom stereocenters. The highest BCUT2D eigenvalue weighted by atomic mass is 32.2. The molecule has 0 aromatic carbocycles. The average molecular weight is 842 g/mol. The van der Waals surface area contributed by atoms with Crippen molar-refractivity contribution in [2.24, 2.45) is 0 Å². The number of carbonyl (C=O) groups is 6. The highest BCUT2D eigenvalue weighted by molar-refractivity contribution is 7.91. The fourth-order valence-corrected chi connectivity index (χ4v) is 11.5. The molecule has 0 radical (unpaired) electrons. The van der Waals surface area contributed by atoms with E-state index in [1.165, 1.54) is 47.8 Å². The van der Waals surface area contributed by atoms with Crippen molar-refractivity contribution in [2.75, 3.05) is 82.6 Å². The minimum absolute atomic E-state index is 0. The fourth-order valence-electron chi connectivity index (χ4n) is 2.54. The Labute approximate surface area is 313 Å². The van der Waals surface area contributed by atoms with E-state index < -0.39 is 59.3 Å². The lowest BCUT2D eigenvalue weighted by Gasteiger charge is -2.09. The summed E-state index contributed by atoms with van der Waals surface area (Å²) in [6, 6.07) is 0. The van der Waals surface area contributed by atoms with E-state index in [1.807, 2.05) is 0 Å². The summed E-state index contributed by atoms with van der Waals surface area (Å²) in [7, 11) is -10.2. The van der Waals surface area contributed by atoms with Crippen LogP contribution >= 0.6 is 21.4 Å². The van der Waals surface area contributed by atoms with Crippen molar-refractivity contribution in [3.63, 3.8) is 0 Å². The highest BCUT2D eigenvalue weighted by Crippen LogP contribution is 2.52. The van der Waals surface area contributed by atoms with Crippen LogP contribution in [0.5, 0.6) is 0 Å². The van der Waals surface area contributed by atoms with E-state index in [2.05, 4.69) is 0 Å². The third-order valence-corrected chi connectivity index (χ3v) is 11.4. The number of rotatable bonds is 12. The van der Waals surface area contributed by atoms with Crippen LogP contribution in [0.25, 0.3) is 0 Å². The molecule has 0 aromatic heterocycles. The topological polar surface area (TPSA) is 248 Å². The van der Waals surface area contributed by atoms with Gasteiger partial charge < -0.3 is 13.7 Å². The molecule has 0 heterocycles. The predicted octanol–water partition coefficient (Wildman–Crippen LogP) is 6.55. The second-order valence-electron chi connectivity index (χ2n) is 11.7. The average Bonchev–Trinajstić information content (AvgIpc) is 2.59. The van der Waals surface area contributed by atoms with Gasteiger partial charge in [0.15, 0.2) is 15.6 Å². The molecular formula is C31H74NO14P3S2. The van der Waals surface area contributed by atoms with Crippen LogP contribution in [-0.4, -0.2) is 135 Å². The molecule has 0 spiro atoms. The number of Topliss-reactive ketones (excluding diaryl/α,β-unsaturated/α-hetero) is 6. The Balaban J connectivity index is -0.0000000411. The molecule has 0 saturated heterocycles. The zero-order chi connectivity index (χ0) is 38.9. The van der Waals surface area contributed by atoms with Crippen molar-refractivity contribution in [2.45, 2.75) is 85.1 Å². The number of sulfone groups is 1. The summed E-state index contributed by atoms with van der Waals surface area (Å²) in [4.78, 5) is 69.1. The summed E-state index contributed by atoms with van der Waals surface area (Å²) < 4.78 is 63.5. The van der Waals surface area contributed by atoms with Gasteiger partial charge in [-0.2, -0.15) is 0 Å². The standard InChI is InChI=1S/C5H14O2P2.C5H11O2P.C5H8O2.C4H8O3S.C4H8O2S.C3H5NO3.5CH4/c1-8(2,6)5-9(3,4)7;1-5(6)4-8(2,3)7;1-4(6)3-5(2)7;1-4(5)3-8(2,6)7;1-4(5)3-7(2)6;1-3(5)2-4(6)7;;;;;/h5H2,1-4H3;4H2,1-3H3;3H2,1-2H3;3H2,1-2H3;3H2,1-2H3;2H2,1H3;5*1H4. The van der Waals surface area contributed by atoms with Crippen molar-refractivity contribution in [3.05, 3.63) is 10.1 Å². The van der Waals surface area contributed by atoms with Crippen molar-refractivity contribution in [1.29, 1.82) is 0 Å². The number of nitro groups is 1. The monoisotopic (exact) mass is 841 g/mol. The van der Waals surface area contributed by atoms with Gasteiger partial charge in [-0.15, -0.1) is 0 Å². The number of hydrogen-bond acceptors (Lipinski definition) is 14. The Bertz CT molecular complexity index is 1180. The lowest BCUT2D eigenvalue weighted by atomic mass is 10.2. The van der Waals surface area contributed by atoms with Crippen molar-refractivity contribution >= 4 is 76.8 Å². The molecule has 15 nitrogen and oxygen atoms in total. The van der Waals surface area contributed by atoms with E-state index in [-0.39, 0.29) is 90.1 Å². The van der Waals surface area contributed by atoms with Crippen LogP contribution in [0, 0.1) is 10.1 Å². The van der Waals surface area contributed by atoms with E-state index in [9.17, 15) is 65.2 Å². The molecule has 0 N–H and O–H groups in total. The predicted molar refractivity (Wildman–Crippen MR) is 221 cm³/mol. The molecule has 51 heavy (non-hydrogen) atoms. The summed E-state index contributed by atoms with van der Waals surface area (Å²) >= 11 is 0. The third kappa shape index (κ3) is 150. The number of ketones is 6. The lowest BCUT2D eigenvalue weighted by Crippen LogP contribution is -2.10. The SMILES string of the molecule is C.C.C.C.C.CC(=O)CC(C)=O.CC(=O)CP(C)(C)=O.CC(=O)CS(C)(=O)=O.CC(=O)CS(C)=O.CC(=O)C[N+](=O)[O-].CP(C)(=O)CP(C)(C)=O. The first-order valence-electron chi connectivity index (χ1n) is 13.1. The molecule has 1 unspecified atom stereocenters. The maximum Gasteiger partial charge on any atom is 0.260 e. The summed E-state index contributed by atoms with van der Waals surface area (Å²) in [5.41, 5.74) is 0. The Morgan fingerprint density at radius 1 is 0.608 bits per heavy atom.